The molecule has 0 atom stereocenters. The van der Waals surface area contributed by atoms with Gasteiger partial charge in [0.15, 0.2) is 0 Å². The van der Waals surface area contributed by atoms with E-state index in [4.69, 9.17) is 0 Å². The van der Waals surface area contributed by atoms with Crippen LogP contribution >= 0.6 is 0 Å². The molecule has 4 nitrogen and oxygen atoms in total. The molecule has 2 N–H and O–H groups in total. The van der Waals surface area contributed by atoms with Crippen LogP contribution in [0.1, 0.15) is 0 Å². The van der Waals surface area contributed by atoms with E-state index in [1.807, 2.05) is 0 Å². The summed E-state index contributed by atoms with van der Waals surface area (Å²) in [5.74, 6) is 0. The molecule has 0 saturated heterocycles. The van der Waals surface area contributed by atoms with Gasteiger partial charge in [-0.2, -0.15) is 8.42 Å². The Morgan fingerprint density at radius 2 is 1.71 bits per heavy atom. The second-order valence-corrected chi connectivity index (χ2v) is 1.98. The number of nitrogens with two attached hydrogens (primary N) is 1. The van der Waals surface area contributed by atoms with Crippen LogP contribution in [0, 0.1) is 0 Å². The molecule has 0 heterocycles. The summed E-state index contributed by atoms with van der Waals surface area (Å²) in [7, 11) is -2.67. The Balaban J connectivity index is 0. The van der Waals surface area contributed by atoms with E-state index in [0.717, 1.165) is 7.11 Å². The van der Waals surface area contributed by atoms with E-state index >= 15 is 0 Å². The van der Waals surface area contributed by atoms with Crippen LogP contribution in [0.4, 0.5) is 0 Å². The van der Waals surface area contributed by atoms with Gasteiger partial charge in [-0.1, -0.05) is 0 Å². The summed E-state index contributed by atoms with van der Waals surface area (Å²) in [6, 6.07) is 0. The standard InChI is InChI=1S/CH5NO3S.Ca.2H/c1-5-6(2,3)4;;;/h1H3,(H2,2,3,4);;;. The van der Waals surface area contributed by atoms with E-state index in [9.17, 15) is 8.42 Å². The molecule has 0 amide bonds. The number of hydrogen-bond donors (Lipinski definition) is 1. The first kappa shape index (κ1) is 11.0. The molecule has 0 aliphatic rings. The van der Waals surface area contributed by atoms with Crippen LogP contribution < -0.4 is 5.14 Å². The van der Waals surface area contributed by atoms with Gasteiger partial charge in [0.1, 0.15) is 0 Å². The Morgan fingerprint density at radius 3 is 1.71 bits per heavy atom. The second kappa shape index (κ2) is 4.05. The van der Waals surface area contributed by atoms with E-state index < -0.39 is 10.3 Å². The number of hydrogen-bond acceptors (Lipinski definition) is 3. The molecule has 0 bridgehead atoms. The molecule has 0 aromatic carbocycles. The Kier molecular flexibility index (Phi) is 6.37. The topological polar surface area (TPSA) is 69.4 Å². The van der Waals surface area contributed by atoms with Gasteiger partial charge in [0, 0.05) is 0 Å². The molecule has 6 heteroatoms. The Morgan fingerprint density at radius 1 is 1.57 bits per heavy atom. The molecule has 42 valence electrons. The third-order valence-electron chi connectivity index (χ3n) is 0.232. The molecule has 0 aromatic rings. The van der Waals surface area contributed by atoms with Crippen LogP contribution in [-0.2, 0) is 14.5 Å². The van der Waals surface area contributed by atoms with E-state index in [2.05, 4.69) is 9.32 Å². The quantitative estimate of drug-likeness (QED) is 0.440. The van der Waals surface area contributed by atoms with Gasteiger partial charge >= 0.3 is 48.0 Å². The summed E-state index contributed by atoms with van der Waals surface area (Å²) < 4.78 is 22.8. The molecule has 7 heavy (non-hydrogen) atoms. The van der Waals surface area contributed by atoms with Crippen molar-refractivity contribution in [2.24, 2.45) is 5.14 Å². The summed E-state index contributed by atoms with van der Waals surface area (Å²) >= 11 is 0. The summed E-state index contributed by atoms with van der Waals surface area (Å²) in [5, 5.41) is 4.28. The maximum atomic E-state index is 9.56. The summed E-state index contributed by atoms with van der Waals surface area (Å²) in [6.07, 6.45) is 0. The second-order valence-electron chi connectivity index (χ2n) is 0.659. The zero-order valence-corrected chi connectivity index (χ0v) is 4.03. The fourth-order valence-electron chi connectivity index (χ4n) is 0. The Hall–Kier alpha value is 1.13. The van der Waals surface area contributed by atoms with Crippen molar-refractivity contribution in [1.82, 2.24) is 0 Å². The molecular formula is CH7CaNO3S. The fraction of sp³-hybridized carbons (Fsp3) is 1.00. The van der Waals surface area contributed by atoms with Gasteiger partial charge in [0.2, 0.25) is 0 Å². The molecule has 0 fully saturated rings. The molecule has 0 aliphatic carbocycles. The van der Waals surface area contributed by atoms with Crippen LogP contribution in [-0.4, -0.2) is 53.3 Å². The average Bonchev–Trinajstić information content (AvgIpc) is 1.35. The van der Waals surface area contributed by atoms with E-state index in [1.165, 1.54) is 0 Å². The zero-order valence-electron chi connectivity index (χ0n) is 3.21. The van der Waals surface area contributed by atoms with Gasteiger partial charge in [-0.15, -0.1) is 0 Å². The molecule has 0 aromatic heterocycles. The van der Waals surface area contributed by atoms with Crippen molar-refractivity contribution in [3.8, 4) is 0 Å². The zero-order chi connectivity index (χ0) is 5.21. The first-order valence-electron chi connectivity index (χ1n) is 1.14. The Bertz CT molecular complexity index is 117. The van der Waals surface area contributed by atoms with Gasteiger partial charge in [-0.25, -0.2) is 5.14 Å². The van der Waals surface area contributed by atoms with Crippen molar-refractivity contribution >= 4 is 48.0 Å². The number of rotatable bonds is 1. The third-order valence-corrected chi connectivity index (χ3v) is 0.697. The minimum absolute atomic E-state index is 0. The molecule has 0 spiro atoms. The minimum atomic E-state index is -3.66. The first-order chi connectivity index (χ1) is 2.56. The van der Waals surface area contributed by atoms with Crippen molar-refractivity contribution in [2.75, 3.05) is 7.11 Å². The van der Waals surface area contributed by atoms with Gasteiger partial charge in [-0.3, -0.25) is 4.18 Å². The maximum absolute atomic E-state index is 9.56. The first-order valence-corrected chi connectivity index (χ1v) is 2.62. The Labute approximate surface area is 72.3 Å². The van der Waals surface area contributed by atoms with Crippen LogP contribution in [0.3, 0.4) is 0 Å². The summed E-state index contributed by atoms with van der Waals surface area (Å²) in [4.78, 5) is 0. The van der Waals surface area contributed by atoms with Crippen LogP contribution in [0.15, 0.2) is 0 Å². The van der Waals surface area contributed by atoms with Crippen molar-refractivity contribution in [2.45, 2.75) is 0 Å². The SMILES string of the molecule is COS(N)(=O)=O.[CaH2]. The molecule has 0 unspecified atom stereocenters. The van der Waals surface area contributed by atoms with Crippen molar-refractivity contribution in [3.63, 3.8) is 0 Å². The van der Waals surface area contributed by atoms with E-state index in [1.54, 1.807) is 0 Å². The van der Waals surface area contributed by atoms with Crippen LogP contribution in [0.25, 0.3) is 0 Å². The predicted octanol–water partition coefficient (Wildman–Crippen LogP) is -2.08. The normalized spacial score (nSPS) is 10.0. The van der Waals surface area contributed by atoms with Crippen LogP contribution in [0.5, 0.6) is 0 Å². The van der Waals surface area contributed by atoms with Crippen molar-refractivity contribution in [3.05, 3.63) is 0 Å². The summed E-state index contributed by atoms with van der Waals surface area (Å²) in [5.41, 5.74) is 0. The van der Waals surface area contributed by atoms with Gasteiger partial charge in [0.05, 0.1) is 7.11 Å². The van der Waals surface area contributed by atoms with E-state index in [0.29, 0.717) is 0 Å². The molecule has 0 aliphatic heterocycles. The van der Waals surface area contributed by atoms with Gasteiger partial charge < -0.3 is 0 Å². The monoisotopic (exact) mass is 153 g/mol. The average molecular weight is 153 g/mol. The molecular weight excluding hydrogens is 146 g/mol. The molecule has 0 radical (unpaired) electrons. The molecule has 0 saturated carbocycles. The fourth-order valence-corrected chi connectivity index (χ4v) is 0. The van der Waals surface area contributed by atoms with Gasteiger partial charge in [0.25, 0.3) is 0 Å². The van der Waals surface area contributed by atoms with Crippen molar-refractivity contribution < 1.29 is 12.6 Å². The predicted molar refractivity (Wildman–Crippen MR) is 28.7 cm³/mol. The summed E-state index contributed by atoms with van der Waals surface area (Å²) in [6.45, 7) is 0. The molecule has 0 rings (SSSR count). The van der Waals surface area contributed by atoms with Gasteiger partial charge in [-0.05, 0) is 0 Å². The van der Waals surface area contributed by atoms with E-state index in [-0.39, 0.29) is 37.7 Å². The van der Waals surface area contributed by atoms with Crippen molar-refractivity contribution in [1.29, 1.82) is 0 Å². The van der Waals surface area contributed by atoms with Crippen LogP contribution in [0.2, 0.25) is 0 Å². The third kappa shape index (κ3) is 11.0.